The molecule has 0 aromatic heterocycles. The van der Waals surface area contributed by atoms with Crippen molar-refractivity contribution < 1.29 is 4.74 Å². The lowest BCUT2D eigenvalue weighted by Gasteiger charge is -2.27. The molecule has 0 saturated carbocycles. The highest BCUT2D eigenvalue weighted by molar-refractivity contribution is 14.1. The SMILES string of the molecule is CCC(N)(COC)Cc1ccc(I)cc1. The molecule has 1 unspecified atom stereocenters. The first kappa shape index (κ1) is 12.9. The molecule has 0 saturated heterocycles. The minimum atomic E-state index is -0.235. The van der Waals surface area contributed by atoms with E-state index in [-0.39, 0.29) is 5.54 Å². The fourth-order valence-corrected chi connectivity index (χ4v) is 1.93. The molecular weight excluding hydrogens is 301 g/mol. The number of rotatable bonds is 5. The van der Waals surface area contributed by atoms with Gasteiger partial charge in [0.05, 0.1) is 6.61 Å². The largest absolute Gasteiger partial charge is 0.383 e. The lowest BCUT2D eigenvalue weighted by molar-refractivity contribution is 0.129. The molecule has 1 aromatic carbocycles. The van der Waals surface area contributed by atoms with Gasteiger partial charge in [0.2, 0.25) is 0 Å². The third-order valence-corrected chi connectivity index (χ3v) is 3.32. The fraction of sp³-hybridized carbons (Fsp3) is 0.500. The van der Waals surface area contributed by atoms with E-state index in [1.165, 1.54) is 9.13 Å². The van der Waals surface area contributed by atoms with Crippen LogP contribution in [0.3, 0.4) is 0 Å². The molecule has 2 nitrogen and oxygen atoms in total. The number of halogens is 1. The average molecular weight is 319 g/mol. The van der Waals surface area contributed by atoms with E-state index in [9.17, 15) is 0 Å². The number of hydrogen-bond acceptors (Lipinski definition) is 2. The molecule has 1 aromatic rings. The van der Waals surface area contributed by atoms with Gasteiger partial charge in [-0.25, -0.2) is 0 Å². The Balaban J connectivity index is 2.70. The van der Waals surface area contributed by atoms with Crippen LogP contribution in [0.25, 0.3) is 0 Å². The third kappa shape index (κ3) is 4.09. The molecule has 1 rings (SSSR count). The van der Waals surface area contributed by atoms with Crippen molar-refractivity contribution in [2.75, 3.05) is 13.7 Å². The highest BCUT2D eigenvalue weighted by Crippen LogP contribution is 2.16. The molecule has 1 atom stereocenters. The molecule has 3 heteroatoms. The molecule has 0 amide bonds. The molecule has 0 bridgehead atoms. The lowest BCUT2D eigenvalue weighted by atomic mass is 9.90. The molecule has 0 heterocycles. The zero-order chi connectivity index (χ0) is 11.3. The molecule has 2 N–H and O–H groups in total. The first-order valence-corrected chi connectivity index (χ1v) is 6.20. The van der Waals surface area contributed by atoms with Crippen molar-refractivity contribution in [3.05, 3.63) is 33.4 Å². The summed E-state index contributed by atoms with van der Waals surface area (Å²) in [7, 11) is 1.70. The van der Waals surface area contributed by atoms with Gasteiger partial charge in [-0.15, -0.1) is 0 Å². The van der Waals surface area contributed by atoms with Gasteiger partial charge in [-0.1, -0.05) is 19.1 Å². The monoisotopic (exact) mass is 319 g/mol. The first-order chi connectivity index (χ1) is 7.09. The fourth-order valence-electron chi connectivity index (χ4n) is 1.57. The van der Waals surface area contributed by atoms with E-state index in [4.69, 9.17) is 10.5 Å². The van der Waals surface area contributed by atoms with Gasteiger partial charge in [-0.2, -0.15) is 0 Å². The topological polar surface area (TPSA) is 35.2 Å². The van der Waals surface area contributed by atoms with Crippen LogP contribution in [0.2, 0.25) is 0 Å². The quantitative estimate of drug-likeness (QED) is 0.847. The van der Waals surface area contributed by atoms with Crippen molar-refractivity contribution >= 4 is 22.6 Å². The number of benzene rings is 1. The second kappa shape index (κ2) is 5.82. The van der Waals surface area contributed by atoms with Gasteiger partial charge in [0.25, 0.3) is 0 Å². The summed E-state index contributed by atoms with van der Waals surface area (Å²) < 4.78 is 6.42. The van der Waals surface area contributed by atoms with Crippen molar-refractivity contribution in [2.45, 2.75) is 25.3 Å². The standard InChI is InChI=1S/C12H18INO/c1-3-12(14,9-15-2)8-10-4-6-11(13)7-5-10/h4-7H,3,8-9,14H2,1-2H3. The predicted molar refractivity (Wildman–Crippen MR) is 71.9 cm³/mol. The molecule has 0 aliphatic rings. The summed E-state index contributed by atoms with van der Waals surface area (Å²) in [4.78, 5) is 0. The zero-order valence-corrected chi connectivity index (χ0v) is 11.5. The van der Waals surface area contributed by atoms with Gasteiger partial charge in [-0.3, -0.25) is 0 Å². The number of hydrogen-bond donors (Lipinski definition) is 1. The number of methoxy groups -OCH3 is 1. The number of ether oxygens (including phenoxy) is 1. The van der Waals surface area contributed by atoms with Gasteiger partial charge in [-0.05, 0) is 53.1 Å². The van der Waals surface area contributed by atoms with Crippen LogP contribution in [0.4, 0.5) is 0 Å². The highest BCUT2D eigenvalue weighted by Gasteiger charge is 2.22. The van der Waals surface area contributed by atoms with Gasteiger partial charge >= 0.3 is 0 Å². The van der Waals surface area contributed by atoms with Crippen LogP contribution in [0.1, 0.15) is 18.9 Å². The maximum absolute atomic E-state index is 6.25. The van der Waals surface area contributed by atoms with Gasteiger partial charge in [0.15, 0.2) is 0 Å². The summed E-state index contributed by atoms with van der Waals surface area (Å²) in [6, 6.07) is 8.49. The summed E-state index contributed by atoms with van der Waals surface area (Å²) in [5.74, 6) is 0. The van der Waals surface area contributed by atoms with Crippen LogP contribution in [0.5, 0.6) is 0 Å². The summed E-state index contributed by atoms with van der Waals surface area (Å²) in [6.07, 6.45) is 1.79. The van der Waals surface area contributed by atoms with E-state index in [1.54, 1.807) is 7.11 Å². The van der Waals surface area contributed by atoms with Gasteiger partial charge in [0.1, 0.15) is 0 Å². The van der Waals surface area contributed by atoms with Crippen LogP contribution in [-0.2, 0) is 11.2 Å². The molecule has 15 heavy (non-hydrogen) atoms. The highest BCUT2D eigenvalue weighted by atomic mass is 127. The summed E-state index contributed by atoms with van der Waals surface area (Å²) in [5.41, 5.74) is 7.29. The van der Waals surface area contributed by atoms with Crippen molar-refractivity contribution in [1.82, 2.24) is 0 Å². The lowest BCUT2D eigenvalue weighted by Crippen LogP contribution is -2.45. The minimum Gasteiger partial charge on any atom is -0.383 e. The summed E-state index contributed by atoms with van der Waals surface area (Å²) in [5, 5.41) is 0. The van der Waals surface area contributed by atoms with Crippen molar-refractivity contribution in [2.24, 2.45) is 5.73 Å². The first-order valence-electron chi connectivity index (χ1n) is 5.12. The normalized spacial score (nSPS) is 14.9. The van der Waals surface area contributed by atoms with Crippen LogP contribution < -0.4 is 5.73 Å². The van der Waals surface area contributed by atoms with E-state index in [2.05, 4.69) is 53.8 Å². The Hall–Kier alpha value is -0.130. The smallest absolute Gasteiger partial charge is 0.0645 e. The maximum Gasteiger partial charge on any atom is 0.0645 e. The predicted octanol–water partition coefficient (Wildman–Crippen LogP) is 2.59. The summed E-state index contributed by atoms with van der Waals surface area (Å²) >= 11 is 2.30. The molecule has 84 valence electrons. The van der Waals surface area contributed by atoms with Crippen molar-refractivity contribution in [1.29, 1.82) is 0 Å². The molecule has 0 aliphatic heterocycles. The van der Waals surface area contributed by atoms with E-state index in [1.807, 2.05) is 0 Å². The van der Waals surface area contributed by atoms with E-state index < -0.39 is 0 Å². The van der Waals surface area contributed by atoms with E-state index >= 15 is 0 Å². The second-order valence-electron chi connectivity index (χ2n) is 3.95. The summed E-state index contributed by atoms with van der Waals surface area (Å²) in [6.45, 7) is 2.71. The Morgan fingerprint density at radius 1 is 1.33 bits per heavy atom. The number of nitrogens with two attached hydrogens (primary N) is 1. The Labute approximate surface area is 105 Å². The van der Waals surface area contributed by atoms with E-state index in [0.717, 1.165) is 12.8 Å². The van der Waals surface area contributed by atoms with Crippen LogP contribution >= 0.6 is 22.6 Å². The van der Waals surface area contributed by atoms with Gasteiger partial charge < -0.3 is 10.5 Å². The zero-order valence-electron chi connectivity index (χ0n) is 9.29. The van der Waals surface area contributed by atoms with Crippen LogP contribution in [-0.4, -0.2) is 19.3 Å². The van der Waals surface area contributed by atoms with Crippen LogP contribution in [0.15, 0.2) is 24.3 Å². The maximum atomic E-state index is 6.25. The van der Waals surface area contributed by atoms with Crippen molar-refractivity contribution in [3.63, 3.8) is 0 Å². The average Bonchev–Trinajstić information content (AvgIpc) is 2.22. The Bertz CT molecular complexity index is 299. The molecule has 0 spiro atoms. The molecule has 0 fully saturated rings. The van der Waals surface area contributed by atoms with Crippen LogP contribution in [0, 0.1) is 3.57 Å². The second-order valence-corrected chi connectivity index (χ2v) is 5.20. The Morgan fingerprint density at radius 2 is 1.93 bits per heavy atom. The molecule has 0 aliphatic carbocycles. The molecule has 0 radical (unpaired) electrons. The Morgan fingerprint density at radius 3 is 2.40 bits per heavy atom. The minimum absolute atomic E-state index is 0.235. The Kier molecular flexibility index (Phi) is 5.02. The molecular formula is C12H18INO. The van der Waals surface area contributed by atoms with Gasteiger partial charge in [0, 0.05) is 16.2 Å². The third-order valence-electron chi connectivity index (χ3n) is 2.61. The van der Waals surface area contributed by atoms with E-state index in [0.29, 0.717) is 6.61 Å². The van der Waals surface area contributed by atoms with Crippen molar-refractivity contribution in [3.8, 4) is 0 Å².